The van der Waals surface area contributed by atoms with Crippen molar-refractivity contribution in [2.75, 3.05) is 39.6 Å². The zero-order valence-corrected chi connectivity index (χ0v) is 17.2. The first-order chi connectivity index (χ1) is 12.4. The highest BCUT2D eigenvalue weighted by molar-refractivity contribution is 5.61. The Morgan fingerprint density at radius 1 is 0.692 bits per heavy atom. The molecule has 0 atom stereocenters. The lowest BCUT2D eigenvalue weighted by Gasteiger charge is -2.06. The number of hydrogen-bond donors (Lipinski definition) is 0. The van der Waals surface area contributed by atoms with Crippen LogP contribution in [-0.2, 0) is 20.8 Å². The monoisotopic (exact) mass is 423 g/mol. The number of aromatic nitrogens is 1. The van der Waals surface area contributed by atoms with Crippen molar-refractivity contribution in [3.63, 3.8) is 0 Å². The minimum Gasteiger partial charge on any atom is -1.00 e. The molecule has 0 N–H and O–H groups in total. The molecule has 0 aliphatic heterocycles. The minimum absolute atomic E-state index is 0. The average molecular weight is 424 g/mol. The molecule has 0 radical (unpaired) electrons. The van der Waals surface area contributed by atoms with Gasteiger partial charge in [-0.1, -0.05) is 43.7 Å². The van der Waals surface area contributed by atoms with Crippen LogP contribution in [0.1, 0.15) is 19.8 Å². The maximum atomic E-state index is 5.61. The molecule has 0 amide bonds. The summed E-state index contributed by atoms with van der Waals surface area (Å²) in [4.78, 5) is 0. The van der Waals surface area contributed by atoms with Crippen LogP contribution >= 0.6 is 0 Å². The van der Waals surface area contributed by atoms with Crippen molar-refractivity contribution in [3.8, 4) is 11.1 Å². The molecule has 0 aliphatic carbocycles. The summed E-state index contributed by atoms with van der Waals surface area (Å²) in [6, 6.07) is 14.7. The third kappa shape index (κ3) is 9.43. The molecule has 0 saturated heterocycles. The predicted octanol–water partition coefficient (Wildman–Crippen LogP) is 0.495. The maximum Gasteiger partial charge on any atom is 0.171 e. The molecule has 2 rings (SSSR count). The molecule has 4 nitrogen and oxygen atoms in total. The second-order valence-electron chi connectivity index (χ2n) is 5.88. The van der Waals surface area contributed by atoms with Gasteiger partial charge in [-0.3, -0.25) is 0 Å². The summed E-state index contributed by atoms with van der Waals surface area (Å²) in [5, 5.41) is 0. The van der Waals surface area contributed by atoms with Crippen LogP contribution < -0.4 is 21.5 Å². The first-order valence-electron chi connectivity index (χ1n) is 9.18. The van der Waals surface area contributed by atoms with E-state index in [1.165, 1.54) is 17.5 Å². The van der Waals surface area contributed by atoms with Crippen LogP contribution in [0.25, 0.3) is 11.1 Å². The summed E-state index contributed by atoms with van der Waals surface area (Å²) in [6.45, 7) is 7.07. The molecule has 144 valence electrons. The van der Waals surface area contributed by atoms with Crippen molar-refractivity contribution in [1.29, 1.82) is 0 Å². The van der Waals surface area contributed by atoms with Gasteiger partial charge in [-0.15, -0.1) is 0 Å². The molecule has 0 saturated carbocycles. The average Bonchev–Trinajstić information content (AvgIpc) is 2.67. The van der Waals surface area contributed by atoms with E-state index in [1.807, 2.05) is 6.07 Å². The van der Waals surface area contributed by atoms with E-state index in [1.54, 1.807) is 0 Å². The van der Waals surface area contributed by atoms with E-state index < -0.39 is 0 Å². The summed E-state index contributed by atoms with van der Waals surface area (Å²) in [5.74, 6) is 0. The Hall–Kier alpha value is -1.27. The lowest BCUT2D eigenvalue weighted by molar-refractivity contribution is -0.698. The Labute approximate surface area is 167 Å². The van der Waals surface area contributed by atoms with Crippen molar-refractivity contribution < 1.29 is 35.8 Å². The molecule has 2 aromatic rings. The fourth-order valence-electron chi connectivity index (χ4n) is 2.39. The number of halogens is 1. The van der Waals surface area contributed by atoms with E-state index in [-0.39, 0.29) is 17.0 Å². The Balaban J connectivity index is 0.00000338. The molecule has 0 aliphatic rings. The third-order valence-electron chi connectivity index (χ3n) is 3.88. The topological polar surface area (TPSA) is 31.6 Å². The third-order valence-corrected chi connectivity index (χ3v) is 3.88. The van der Waals surface area contributed by atoms with Crippen molar-refractivity contribution in [2.45, 2.75) is 26.3 Å². The van der Waals surface area contributed by atoms with Crippen LogP contribution in [0.15, 0.2) is 54.9 Å². The Bertz CT molecular complexity index is 563. The van der Waals surface area contributed by atoms with Crippen molar-refractivity contribution in [3.05, 3.63) is 54.9 Å². The van der Waals surface area contributed by atoms with Gasteiger partial charge in [0.25, 0.3) is 0 Å². The fourth-order valence-corrected chi connectivity index (χ4v) is 2.39. The number of nitrogens with zero attached hydrogens (tertiary/aromatic N) is 1. The van der Waals surface area contributed by atoms with Gasteiger partial charge in [0.1, 0.15) is 6.61 Å². The van der Waals surface area contributed by atoms with Crippen molar-refractivity contribution in [1.82, 2.24) is 0 Å². The highest BCUT2D eigenvalue weighted by Gasteiger charge is 2.02. The smallest absolute Gasteiger partial charge is 0.171 e. The van der Waals surface area contributed by atoms with Gasteiger partial charge in [-0.25, -0.2) is 4.57 Å². The summed E-state index contributed by atoms with van der Waals surface area (Å²) >= 11 is 0. The standard InChI is InChI=1S/C21H30NO3.BrH/c1-2-3-14-23-16-18-25-19-17-24-15-13-22-11-9-21(10-12-22)20-7-5-4-6-8-20;/h4-12H,2-3,13-19H2,1H3;1H/q+1;/p-1. The van der Waals surface area contributed by atoms with Gasteiger partial charge in [0.05, 0.1) is 26.4 Å². The molecule has 1 heterocycles. The fraction of sp³-hybridized carbons (Fsp3) is 0.476. The van der Waals surface area contributed by atoms with Crippen LogP contribution in [-0.4, -0.2) is 39.6 Å². The van der Waals surface area contributed by atoms with Gasteiger partial charge in [-0.05, 0) is 17.5 Å². The van der Waals surface area contributed by atoms with E-state index in [2.05, 4.69) is 60.3 Å². The molecule has 0 fully saturated rings. The molecule has 0 bridgehead atoms. The van der Waals surface area contributed by atoms with Crippen LogP contribution in [0.3, 0.4) is 0 Å². The molecule has 1 aromatic carbocycles. The molecule has 5 heteroatoms. The molecule has 1 aromatic heterocycles. The number of hydrogen-bond acceptors (Lipinski definition) is 3. The first-order valence-corrected chi connectivity index (χ1v) is 9.18. The number of unbranched alkanes of at least 4 members (excludes halogenated alkanes) is 1. The SMILES string of the molecule is CCCCOCCOCCOCC[n+]1ccc(-c2ccccc2)cc1.[Br-]. The van der Waals surface area contributed by atoms with E-state index in [0.717, 1.165) is 19.6 Å². The lowest BCUT2D eigenvalue weighted by atomic mass is 10.1. The Morgan fingerprint density at radius 3 is 1.85 bits per heavy atom. The Morgan fingerprint density at radius 2 is 1.23 bits per heavy atom. The lowest BCUT2D eigenvalue weighted by Crippen LogP contribution is -3.00. The molecular formula is C21H30BrNO3. The van der Waals surface area contributed by atoms with Crippen molar-refractivity contribution in [2.24, 2.45) is 0 Å². The van der Waals surface area contributed by atoms with E-state index >= 15 is 0 Å². The quantitative estimate of drug-likeness (QED) is 0.347. The van der Waals surface area contributed by atoms with Gasteiger partial charge >= 0.3 is 0 Å². The molecule has 0 spiro atoms. The maximum absolute atomic E-state index is 5.61. The van der Waals surface area contributed by atoms with E-state index in [0.29, 0.717) is 33.0 Å². The van der Waals surface area contributed by atoms with Gasteiger partial charge in [0.15, 0.2) is 18.9 Å². The number of benzene rings is 1. The van der Waals surface area contributed by atoms with Crippen LogP contribution in [0.4, 0.5) is 0 Å². The molecule has 0 unspecified atom stereocenters. The normalized spacial score (nSPS) is 10.5. The van der Waals surface area contributed by atoms with E-state index in [9.17, 15) is 0 Å². The predicted molar refractivity (Wildman–Crippen MR) is 99.4 cm³/mol. The molecular weight excluding hydrogens is 394 g/mol. The van der Waals surface area contributed by atoms with E-state index in [4.69, 9.17) is 14.2 Å². The van der Waals surface area contributed by atoms with Crippen molar-refractivity contribution >= 4 is 0 Å². The summed E-state index contributed by atoms with van der Waals surface area (Å²) in [7, 11) is 0. The van der Waals surface area contributed by atoms with Gasteiger partial charge in [0, 0.05) is 18.7 Å². The number of ether oxygens (including phenoxy) is 3. The zero-order chi connectivity index (χ0) is 17.6. The second kappa shape index (κ2) is 14.9. The first kappa shape index (κ1) is 22.8. The largest absolute Gasteiger partial charge is 1.00 e. The van der Waals surface area contributed by atoms with Crippen LogP contribution in [0.5, 0.6) is 0 Å². The zero-order valence-electron chi connectivity index (χ0n) is 15.6. The van der Waals surface area contributed by atoms with Gasteiger partial charge in [-0.2, -0.15) is 0 Å². The second-order valence-corrected chi connectivity index (χ2v) is 5.88. The minimum atomic E-state index is 0. The highest BCUT2D eigenvalue weighted by atomic mass is 79.9. The summed E-state index contributed by atoms with van der Waals surface area (Å²) in [5.41, 5.74) is 2.47. The van der Waals surface area contributed by atoms with Gasteiger partial charge < -0.3 is 31.2 Å². The number of pyridine rings is 1. The summed E-state index contributed by atoms with van der Waals surface area (Å²) in [6.07, 6.45) is 6.47. The van der Waals surface area contributed by atoms with Crippen LogP contribution in [0, 0.1) is 0 Å². The summed E-state index contributed by atoms with van der Waals surface area (Å²) < 4.78 is 18.7. The highest BCUT2D eigenvalue weighted by Crippen LogP contribution is 2.16. The Kier molecular flexibility index (Phi) is 13.0. The number of rotatable bonds is 13. The van der Waals surface area contributed by atoms with Gasteiger partial charge in [0.2, 0.25) is 0 Å². The van der Waals surface area contributed by atoms with Crippen LogP contribution in [0.2, 0.25) is 0 Å². The molecule has 26 heavy (non-hydrogen) atoms.